The van der Waals surface area contributed by atoms with Crippen LogP contribution in [0, 0.1) is 3.57 Å². The van der Waals surface area contributed by atoms with Crippen LogP contribution in [0.2, 0.25) is 0 Å². The summed E-state index contributed by atoms with van der Waals surface area (Å²) in [5, 5.41) is 2.84. The fraction of sp³-hybridized carbons (Fsp3) is 0.0714. The molecule has 0 heterocycles. The lowest BCUT2D eigenvalue weighted by molar-refractivity contribution is 0.102. The smallest absolute Gasteiger partial charge is 0.255 e. The highest BCUT2D eigenvalue weighted by molar-refractivity contribution is 14.1. The Morgan fingerprint density at radius 1 is 1.17 bits per heavy atom. The van der Waals surface area contributed by atoms with Crippen LogP contribution in [0.1, 0.15) is 10.4 Å². The van der Waals surface area contributed by atoms with Crippen LogP contribution < -0.4 is 10.1 Å². The molecule has 0 fully saturated rings. The summed E-state index contributed by atoms with van der Waals surface area (Å²) < 4.78 is 6.10. The van der Waals surface area contributed by atoms with Crippen LogP contribution in [-0.4, -0.2) is 13.0 Å². The van der Waals surface area contributed by atoms with Gasteiger partial charge in [0.05, 0.1) is 7.11 Å². The Morgan fingerprint density at radius 2 is 1.89 bits per heavy atom. The molecular weight excluding hydrogens is 341 g/mol. The van der Waals surface area contributed by atoms with Crippen LogP contribution in [0.5, 0.6) is 5.75 Å². The zero-order valence-corrected chi connectivity index (χ0v) is 12.0. The molecule has 0 radical (unpaired) electrons. The number of carbonyl (C=O) groups is 1. The summed E-state index contributed by atoms with van der Waals surface area (Å²) in [7, 11) is 1.61. The largest absolute Gasteiger partial charge is 0.497 e. The van der Waals surface area contributed by atoms with Crippen LogP contribution in [0.25, 0.3) is 0 Å². The molecule has 0 saturated heterocycles. The molecule has 1 amide bonds. The maximum atomic E-state index is 12.0. The molecule has 18 heavy (non-hydrogen) atoms. The number of methoxy groups -OCH3 is 1. The fourth-order valence-electron chi connectivity index (χ4n) is 1.51. The average Bonchev–Trinajstić information content (AvgIpc) is 2.39. The lowest BCUT2D eigenvalue weighted by Crippen LogP contribution is -2.11. The van der Waals surface area contributed by atoms with E-state index in [4.69, 9.17) is 4.74 Å². The van der Waals surface area contributed by atoms with Crippen molar-refractivity contribution in [1.82, 2.24) is 0 Å². The summed E-state index contributed by atoms with van der Waals surface area (Å²) in [6.45, 7) is 0. The van der Waals surface area contributed by atoms with Crippen molar-refractivity contribution in [3.63, 3.8) is 0 Å². The number of hydrogen-bond acceptors (Lipinski definition) is 2. The summed E-state index contributed by atoms with van der Waals surface area (Å²) in [6, 6.07) is 14.7. The van der Waals surface area contributed by atoms with E-state index in [1.807, 2.05) is 42.5 Å². The van der Waals surface area contributed by atoms with Crippen molar-refractivity contribution >= 4 is 34.2 Å². The van der Waals surface area contributed by atoms with Crippen molar-refractivity contribution in [3.05, 3.63) is 57.7 Å². The van der Waals surface area contributed by atoms with Crippen LogP contribution in [0.4, 0.5) is 5.69 Å². The Balaban J connectivity index is 2.11. The van der Waals surface area contributed by atoms with Gasteiger partial charge < -0.3 is 10.1 Å². The fourth-order valence-corrected chi connectivity index (χ4v) is 2.05. The Kier molecular flexibility index (Phi) is 4.19. The minimum absolute atomic E-state index is 0.112. The second kappa shape index (κ2) is 5.86. The van der Waals surface area contributed by atoms with Crippen molar-refractivity contribution in [2.24, 2.45) is 0 Å². The molecule has 0 saturated carbocycles. The number of halogens is 1. The Labute approximate surface area is 119 Å². The van der Waals surface area contributed by atoms with Gasteiger partial charge in [-0.15, -0.1) is 0 Å². The molecule has 0 atom stereocenters. The molecule has 0 spiro atoms. The van der Waals surface area contributed by atoms with E-state index in [0.29, 0.717) is 5.56 Å². The van der Waals surface area contributed by atoms with Gasteiger partial charge in [0.1, 0.15) is 5.75 Å². The van der Waals surface area contributed by atoms with Crippen LogP contribution in [-0.2, 0) is 0 Å². The predicted molar refractivity (Wildman–Crippen MR) is 80.1 cm³/mol. The minimum Gasteiger partial charge on any atom is -0.497 e. The van der Waals surface area contributed by atoms with E-state index in [1.54, 1.807) is 13.2 Å². The first-order chi connectivity index (χ1) is 8.69. The van der Waals surface area contributed by atoms with Gasteiger partial charge in [0, 0.05) is 14.8 Å². The molecule has 4 heteroatoms. The SMILES string of the molecule is COc1ccc(NC(=O)c2cccc(I)c2)cc1. The van der Waals surface area contributed by atoms with Gasteiger partial charge in [-0.2, -0.15) is 0 Å². The lowest BCUT2D eigenvalue weighted by Gasteiger charge is -2.06. The van der Waals surface area contributed by atoms with Gasteiger partial charge >= 0.3 is 0 Å². The van der Waals surface area contributed by atoms with E-state index < -0.39 is 0 Å². The number of anilines is 1. The number of benzene rings is 2. The molecular formula is C14H12INO2. The summed E-state index contributed by atoms with van der Waals surface area (Å²) in [5.41, 5.74) is 1.40. The van der Waals surface area contributed by atoms with E-state index >= 15 is 0 Å². The van der Waals surface area contributed by atoms with Crippen molar-refractivity contribution in [1.29, 1.82) is 0 Å². The topological polar surface area (TPSA) is 38.3 Å². The van der Waals surface area contributed by atoms with Gasteiger partial charge in [-0.05, 0) is 65.1 Å². The molecule has 0 aliphatic heterocycles. The van der Waals surface area contributed by atoms with Gasteiger partial charge in [-0.25, -0.2) is 0 Å². The normalized spacial score (nSPS) is 9.89. The molecule has 1 N–H and O–H groups in total. The average molecular weight is 353 g/mol. The first kappa shape index (κ1) is 12.9. The van der Waals surface area contributed by atoms with E-state index in [0.717, 1.165) is 15.0 Å². The third-order valence-electron chi connectivity index (χ3n) is 2.43. The number of hydrogen-bond donors (Lipinski definition) is 1. The highest BCUT2D eigenvalue weighted by Gasteiger charge is 2.06. The van der Waals surface area contributed by atoms with Gasteiger partial charge in [0.15, 0.2) is 0 Å². The maximum absolute atomic E-state index is 12.0. The lowest BCUT2D eigenvalue weighted by atomic mass is 10.2. The Hall–Kier alpha value is -1.56. The van der Waals surface area contributed by atoms with Crippen molar-refractivity contribution in [3.8, 4) is 5.75 Å². The standard InChI is InChI=1S/C14H12INO2/c1-18-13-7-5-12(6-8-13)16-14(17)10-3-2-4-11(15)9-10/h2-9H,1H3,(H,16,17). The molecule has 3 nitrogen and oxygen atoms in total. The predicted octanol–water partition coefficient (Wildman–Crippen LogP) is 3.55. The number of nitrogens with one attached hydrogen (secondary N) is 1. The van der Waals surface area contributed by atoms with Crippen molar-refractivity contribution in [2.75, 3.05) is 12.4 Å². The van der Waals surface area contributed by atoms with Crippen LogP contribution in [0.3, 0.4) is 0 Å². The summed E-state index contributed by atoms with van der Waals surface area (Å²) >= 11 is 2.18. The Morgan fingerprint density at radius 3 is 2.50 bits per heavy atom. The zero-order valence-electron chi connectivity index (χ0n) is 9.81. The van der Waals surface area contributed by atoms with E-state index in [2.05, 4.69) is 27.9 Å². The van der Waals surface area contributed by atoms with E-state index in [-0.39, 0.29) is 5.91 Å². The second-order valence-electron chi connectivity index (χ2n) is 3.69. The molecule has 0 aromatic heterocycles. The summed E-state index contributed by atoms with van der Waals surface area (Å²) in [6.07, 6.45) is 0. The van der Waals surface area contributed by atoms with Gasteiger partial charge in [-0.1, -0.05) is 6.07 Å². The van der Waals surface area contributed by atoms with Crippen molar-refractivity contribution in [2.45, 2.75) is 0 Å². The first-order valence-corrected chi connectivity index (χ1v) is 6.48. The Bertz CT molecular complexity index is 552. The van der Waals surface area contributed by atoms with Crippen LogP contribution in [0.15, 0.2) is 48.5 Å². The molecule has 2 rings (SSSR count). The quantitative estimate of drug-likeness (QED) is 0.857. The molecule has 0 bridgehead atoms. The highest BCUT2D eigenvalue weighted by Crippen LogP contribution is 2.16. The summed E-state index contributed by atoms with van der Waals surface area (Å²) in [5.74, 6) is 0.654. The number of ether oxygens (including phenoxy) is 1. The van der Waals surface area contributed by atoms with Crippen molar-refractivity contribution < 1.29 is 9.53 Å². The molecule has 0 aliphatic carbocycles. The van der Waals surface area contributed by atoms with Crippen LogP contribution >= 0.6 is 22.6 Å². The monoisotopic (exact) mass is 353 g/mol. The van der Waals surface area contributed by atoms with E-state index in [1.165, 1.54) is 0 Å². The van der Waals surface area contributed by atoms with Gasteiger partial charge in [0.2, 0.25) is 0 Å². The molecule has 0 aliphatic rings. The van der Waals surface area contributed by atoms with E-state index in [9.17, 15) is 4.79 Å². The first-order valence-electron chi connectivity index (χ1n) is 5.40. The maximum Gasteiger partial charge on any atom is 0.255 e. The number of rotatable bonds is 3. The minimum atomic E-state index is -0.112. The number of carbonyl (C=O) groups excluding carboxylic acids is 1. The second-order valence-corrected chi connectivity index (χ2v) is 4.94. The zero-order chi connectivity index (χ0) is 13.0. The molecule has 2 aromatic rings. The highest BCUT2D eigenvalue weighted by atomic mass is 127. The molecule has 92 valence electrons. The molecule has 0 unspecified atom stereocenters. The van der Waals surface area contributed by atoms with Gasteiger partial charge in [-0.3, -0.25) is 4.79 Å². The molecule has 2 aromatic carbocycles. The third kappa shape index (κ3) is 3.22. The third-order valence-corrected chi connectivity index (χ3v) is 3.11. The van der Waals surface area contributed by atoms with Gasteiger partial charge in [0.25, 0.3) is 5.91 Å². The number of amides is 1. The summed E-state index contributed by atoms with van der Waals surface area (Å²) in [4.78, 5) is 12.0.